The van der Waals surface area contributed by atoms with E-state index in [-0.39, 0.29) is 37.6 Å². The van der Waals surface area contributed by atoms with Gasteiger partial charge in [0.2, 0.25) is 5.91 Å². The molecular formula is C28H30N2O7S. The number of amides is 1. The van der Waals surface area contributed by atoms with Gasteiger partial charge in [-0.25, -0.2) is 0 Å². The van der Waals surface area contributed by atoms with Crippen LogP contribution in [0.4, 0.5) is 5.69 Å². The molecule has 1 saturated heterocycles. The average molecular weight is 539 g/mol. The highest BCUT2D eigenvalue weighted by molar-refractivity contribution is 7.99. The van der Waals surface area contributed by atoms with Gasteiger partial charge in [0, 0.05) is 41.5 Å². The maximum atomic E-state index is 12.2. The highest BCUT2D eigenvalue weighted by atomic mass is 32.2. The van der Waals surface area contributed by atoms with Crippen LogP contribution in [0.3, 0.4) is 0 Å². The van der Waals surface area contributed by atoms with Crippen LogP contribution < -0.4 is 10.0 Å². The molecule has 2 aromatic carbocycles. The molecule has 0 unspecified atom stereocenters. The van der Waals surface area contributed by atoms with Gasteiger partial charge in [0.1, 0.15) is 0 Å². The van der Waals surface area contributed by atoms with Gasteiger partial charge in [-0.2, -0.15) is 4.73 Å². The molecule has 1 aliphatic rings. The maximum absolute atomic E-state index is 12.2. The summed E-state index contributed by atoms with van der Waals surface area (Å²) < 4.78 is 13.7. The zero-order chi connectivity index (χ0) is 27.1. The van der Waals surface area contributed by atoms with E-state index in [0.717, 1.165) is 15.9 Å². The molecule has 0 aliphatic carbocycles. The van der Waals surface area contributed by atoms with Crippen molar-refractivity contribution in [2.75, 3.05) is 11.1 Å². The number of aromatic nitrogens is 1. The summed E-state index contributed by atoms with van der Waals surface area (Å²) in [6, 6.07) is 19.9. The minimum atomic E-state index is -1.04. The van der Waals surface area contributed by atoms with Gasteiger partial charge < -0.3 is 30.2 Å². The Kier molecular flexibility index (Phi) is 9.35. The van der Waals surface area contributed by atoms with Gasteiger partial charge in [0.05, 0.1) is 25.2 Å². The Morgan fingerprint density at radius 2 is 1.82 bits per heavy atom. The number of hydrogen-bond donors (Lipinski definition) is 3. The second-order valence-corrected chi connectivity index (χ2v) is 10.1. The first-order valence-electron chi connectivity index (χ1n) is 12.3. The molecule has 0 saturated carbocycles. The van der Waals surface area contributed by atoms with Crippen LogP contribution in [0.5, 0.6) is 0 Å². The van der Waals surface area contributed by atoms with Gasteiger partial charge >= 0.3 is 5.97 Å². The number of carbonyl (C=O) groups excluding carboxylic acids is 1. The van der Waals surface area contributed by atoms with E-state index in [2.05, 4.69) is 5.32 Å². The fourth-order valence-electron chi connectivity index (χ4n) is 4.21. The zero-order valence-electron chi connectivity index (χ0n) is 20.9. The highest BCUT2D eigenvalue weighted by Gasteiger charge is 2.38. The van der Waals surface area contributed by atoms with Gasteiger partial charge in [-0.15, -0.1) is 0 Å². The topological polar surface area (TPSA) is 132 Å². The van der Waals surface area contributed by atoms with Crippen molar-refractivity contribution in [2.24, 2.45) is 5.92 Å². The lowest BCUT2D eigenvalue weighted by Crippen LogP contribution is -2.39. The van der Waals surface area contributed by atoms with Crippen LogP contribution in [0.15, 0.2) is 78.0 Å². The first-order valence-corrected chi connectivity index (χ1v) is 13.3. The van der Waals surface area contributed by atoms with Crippen LogP contribution in [0.25, 0.3) is 0 Å². The molecule has 4 rings (SSSR count). The lowest BCUT2D eigenvalue weighted by molar-refractivity contribution is -0.645. The third-order valence-corrected chi connectivity index (χ3v) is 7.42. The van der Waals surface area contributed by atoms with Gasteiger partial charge in [0.25, 0.3) is 5.03 Å². The summed E-state index contributed by atoms with van der Waals surface area (Å²) in [5, 5.41) is 33.7. The Bertz CT molecular complexity index is 1250. The van der Waals surface area contributed by atoms with Crippen LogP contribution in [0, 0.1) is 11.1 Å². The van der Waals surface area contributed by atoms with Crippen molar-refractivity contribution < 1.29 is 34.0 Å². The lowest BCUT2D eigenvalue weighted by Gasteiger charge is -2.41. The number of nitrogens with one attached hydrogen (secondary N) is 1. The molecule has 2 heterocycles. The van der Waals surface area contributed by atoms with Gasteiger partial charge in [-0.1, -0.05) is 55.1 Å². The summed E-state index contributed by atoms with van der Waals surface area (Å²) in [6.07, 6.45) is -0.255. The van der Waals surface area contributed by atoms with E-state index in [1.54, 1.807) is 30.3 Å². The quantitative estimate of drug-likeness (QED) is 0.199. The number of hydrogen-bond acceptors (Lipinski definition) is 7. The van der Waals surface area contributed by atoms with Crippen molar-refractivity contribution in [2.45, 2.75) is 49.9 Å². The van der Waals surface area contributed by atoms with Gasteiger partial charge in [-0.3, -0.25) is 9.59 Å². The number of carboxylic acid groups (broad SMARTS) is 1. The molecule has 10 heteroatoms. The SMILES string of the molecule is C[C@H]1[C@@H](CSc2cccc[n+]2[O-])O[C@@H](c2cccc(NC(=O)CCC(=O)O)c2)O[C@H]1c1ccc(CO)cc1. The van der Waals surface area contributed by atoms with Crippen molar-refractivity contribution in [1.82, 2.24) is 0 Å². The van der Waals surface area contributed by atoms with E-state index in [0.29, 0.717) is 22.0 Å². The third kappa shape index (κ3) is 7.11. The number of anilines is 1. The maximum Gasteiger partial charge on any atom is 0.303 e. The number of aliphatic carboxylic acids is 1. The smallest absolute Gasteiger partial charge is 0.303 e. The van der Waals surface area contributed by atoms with E-state index in [9.17, 15) is 19.9 Å². The first-order chi connectivity index (χ1) is 18.3. The van der Waals surface area contributed by atoms with E-state index in [1.165, 1.54) is 18.0 Å². The highest BCUT2D eigenvalue weighted by Crippen LogP contribution is 2.43. The molecule has 3 N–H and O–H groups in total. The summed E-state index contributed by atoms with van der Waals surface area (Å²) in [5.41, 5.74) is 2.94. The van der Waals surface area contributed by atoms with E-state index in [4.69, 9.17) is 14.6 Å². The van der Waals surface area contributed by atoms with Crippen LogP contribution >= 0.6 is 11.8 Å². The second-order valence-electron chi connectivity index (χ2n) is 9.07. The standard InChI is InChI=1S/C28H30N2O7S/c1-18-23(17-38-25-7-2-3-14-30(25)35)36-28(37-27(18)20-10-8-19(16-31)9-11-20)21-5-4-6-22(15-21)29-24(32)12-13-26(33)34/h2-11,14-15,18,23,27-28,31H,12-13,16-17H2,1H3,(H,29,32)(H,33,34)/t18-,23+,27+,28+/m0/s1. The zero-order valence-corrected chi connectivity index (χ0v) is 21.7. The molecule has 38 heavy (non-hydrogen) atoms. The molecule has 200 valence electrons. The summed E-state index contributed by atoms with van der Waals surface area (Å²) in [5.74, 6) is -0.966. The average Bonchev–Trinajstić information content (AvgIpc) is 2.92. The number of carbonyl (C=O) groups is 2. The molecule has 1 fully saturated rings. The van der Waals surface area contributed by atoms with E-state index in [1.807, 2.05) is 43.3 Å². The van der Waals surface area contributed by atoms with Gasteiger partial charge in [0.15, 0.2) is 12.5 Å². The number of benzene rings is 2. The molecule has 9 nitrogen and oxygen atoms in total. The number of pyridine rings is 1. The van der Waals surface area contributed by atoms with Crippen molar-refractivity contribution in [3.63, 3.8) is 0 Å². The summed E-state index contributed by atoms with van der Waals surface area (Å²) >= 11 is 1.41. The Hall–Kier alpha value is -3.44. The van der Waals surface area contributed by atoms with Gasteiger partial charge in [-0.05, 0) is 29.3 Å². The molecule has 3 aromatic rings. The van der Waals surface area contributed by atoms with Crippen molar-refractivity contribution in [3.05, 3.63) is 94.8 Å². The predicted molar refractivity (Wildman–Crippen MR) is 141 cm³/mol. The molecule has 1 amide bonds. The van der Waals surface area contributed by atoms with E-state index >= 15 is 0 Å². The number of rotatable bonds is 10. The van der Waals surface area contributed by atoms with Crippen LogP contribution in [0.1, 0.15) is 48.8 Å². The summed E-state index contributed by atoms with van der Waals surface area (Å²) in [6.45, 7) is 1.99. The van der Waals surface area contributed by atoms with Crippen molar-refractivity contribution in [1.29, 1.82) is 0 Å². The molecule has 0 spiro atoms. The van der Waals surface area contributed by atoms with Crippen LogP contribution in [-0.2, 0) is 25.7 Å². The second kappa shape index (κ2) is 12.9. The summed E-state index contributed by atoms with van der Waals surface area (Å²) in [4.78, 5) is 22.9. The first kappa shape index (κ1) is 27.6. The Balaban J connectivity index is 1.56. The van der Waals surface area contributed by atoms with Crippen LogP contribution in [-0.4, -0.2) is 33.9 Å². The summed E-state index contributed by atoms with van der Waals surface area (Å²) in [7, 11) is 0. The Morgan fingerprint density at radius 1 is 1.03 bits per heavy atom. The number of nitrogens with zero attached hydrogens (tertiary/aromatic N) is 1. The monoisotopic (exact) mass is 538 g/mol. The van der Waals surface area contributed by atoms with Crippen molar-refractivity contribution >= 4 is 29.3 Å². The molecular weight excluding hydrogens is 508 g/mol. The number of thioether (sulfide) groups is 1. The molecule has 1 aromatic heterocycles. The number of ether oxygens (including phenoxy) is 2. The minimum absolute atomic E-state index is 0.0520. The van der Waals surface area contributed by atoms with E-state index < -0.39 is 18.2 Å². The number of aliphatic hydroxyl groups excluding tert-OH is 1. The predicted octanol–water partition coefficient (Wildman–Crippen LogP) is 4.20. The molecule has 0 bridgehead atoms. The lowest BCUT2D eigenvalue weighted by atomic mass is 9.91. The third-order valence-electron chi connectivity index (χ3n) is 6.32. The Morgan fingerprint density at radius 3 is 2.53 bits per heavy atom. The normalized spacial score (nSPS) is 21.1. The Labute approximate surface area is 225 Å². The largest absolute Gasteiger partial charge is 0.618 e. The molecule has 1 aliphatic heterocycles. The molecule has 4 atom stereocenters. The number of carboxylic acids is 1. The van der Waals surface area contributed by atoms with Crippen molar-refractivity contribution in [3.8, 4) is 0 Å². The fourth-order valence-corrected chi connectivity index (χ4v) is 5.29. The fraction of sp³-hybridized carbons (Fsp3) is 0.321. The number of aliphatic hydroxyl groups is 1. The molecule has 0 radical (unpaired) electrons. The van der Waals surface area contributed by atoms with Crippen LogP contribution in [0.2, 0.25) is 0 Å². The minimum Gasteiger partial charge on any atom is -0.618 e.